The van der Waals surface area contributed by atoms with Gasteiger partial charge in [-0.2, -0.15) is 0 Å². The van der Waals surface area contributed by atoms with Crippen molar-refractivity contribution in [3.05, 3.63) is 0 Å². The van der Waals surface area contributed by atoms with E-state index in [0.29, 0.717) is 0 Å². The molecule has 1 aliphatic heterocycles. The molecule has 1 aliphatic rings. The largest absolute Gasteiger partial charge is 0.480 e. The van der Waals surface area contributed by atoms with Gasteiger partial charge in [0.2, 0.25) is 5.91 Å². The average molecular weight is 247 g/mol. The van der Waals surface area contributed by atoms with Crippen LogP contribution in [0.1, 0.15) is 20.3 Å². The van der Waals surface area contributed by atoms with E-state index in [2.05, 4.69) is 0 Å². The van der Waals surface area contributed by atoms with Crippen LogP contribution in [0.5, 0.6) is 0 Å². The topological polar surface area (TPSA) is 94.9 Å². The van der Waals surface area contributed by atoms with Gasteiger partial charge in [0.05, 0.1) is 0 Å². The van der Waals surface area contributed by atoms with Crippen LogP contribution in [0.3, 0.4) is 0 Å². The minimum atomic E-state index is -1.48. The summed E-state index contributed by atoms with van der Waals surface area (Å²) < 4.78 is 0. The highest BCUT2D eigenvalue weighted by molar-refractivity contribution is 8.01. The molecule has 1 heterocycles. The summed E-state index contributed by atoms with van der Waals surface area (Å²) in [5.41, 5.74) is 0. The molecule has 0 aliphatic carbocycles. The Balaban J connectivity index is 3.11. The molecule has 0 aromatic rings. The summed E-state index contributed by atoms with van der Waals surface area (Å²) in [4.78, 5) is 33.2. The number of hydrogen-bond donors (Lipinski definition) is 2. The Morgan fingerprint density at radius 1 is 1.44 bits per heavy atom. The third-order valence-corrected chi connectivity index (χ3v) is 3.96. The van der Waals surface area contributed by atoms with E-state index in [1.54, 1.807) is 6.92 Å². The number of carbonyl (C=O) groups excluding carboxylic acids is 1. The fraction of sp³-hybridized carbons (Fsp3) is 0.667. The Kier molecular flexibility index (Phi) is 3.47. The Hall–Kier alpha value is -1.24. The van der Waals surface area contributed by atoms with Crippen molar-refractivity contribution in [1.29, 1.82) is 0 Å². The van der Waals surface area contributed by atoms with Crippen molar-refractivity contribution in [2.24, 2.45) is 0 Å². The number of rotatable bonds is 3. The highest BCUT2D eigenvalue weighted by Gasteiger charge is 2.53. The normalized spacial score (nSPS) is 29.1. The molecule has 1 rings (SSSR count). The number of carboxylic acid groups (broad SMARTS) is 2. The minimum Gasteiger partial charge on any atom is -0.480 e. The van der Waals surface area contributed by atoms with E-state index < -0.39 is 28.8 Å². The van der Waals surface area contributed by atoms with Crippen molar-refractivity contribution in [1.82, 2.24) is 4.90 Å². The molecule has 6 nitrogen and oxygen atoms in total. The van der Waals surface area contributed by atoms with E-state index in [0.717, 1.165) is 16.7 Å². The maximum atomic E-state index is 11.6. The molecule has 16 heavy (non-hydrogen) atoms. The molecule has 7 heteroatoms. The summed E-state index contributed by atoms with van der Waals surface area (Å²) in [6, 6.07) is -1.06. The highest BCUT2D eigenvalue weighted by Crippen LogP contribution is 2.40. The van der Waals surface area contributed by atoms with Crippen LogP contribution < -0.4 is 0 Å². The predicted octanol–water partition coefficient (Wildman–Crippen LogP) is 0.226. The van der Waals surface area contributed by atoms with Gasteiger partial charge < -0.3 is 15.1 Å². The van der Waals surface area contributed by atoms with Gasteiger partial charge in [-0.05, 0) is 6.92 Å². The maximum absolute atomic E-state index is 11.6. The highest BCUT2D eigenvalue weighted by atomic mass is 32.2. The fourth-order valence-corrected chi connectivity index (χ4v) is 2.88. The van der Waals surface area contributed by atoms with Gasteiger partial charge >= 0.3 is 11.9 Å². The zero-order valence-corrected chi connectivity index (χ0v) is 9.78. The molecular formula is C9H13NO5S. The lowest BCUT2D eigenvalue weighted by atomic mass is 10.2. The molecule has 1 fully saturated rings. The first-order valence-electron chi connectivity index (χ1n) is 4.77. The summed E-state index contributed by atoms with van der Waals surface area (Å²) in [7, 11) is 0. The summed E-state index contributed by atoms with van der Waals surface area (Å²) in [6.07, 6.45) is 0.0905. The summed E-state index contributed by atoms with van der Waals surface area (Å²) in [6.45, 7) is 2.93. The van der Waals surface area contributed by atoms with E-state index >= 15 is 0 Å². The second-order valence-corrected chi connectivity index (χ2v) is 4.99. The minimum absolute atomic E-state index is 0.0905. The van der Waals surface area contributed by atoms with E-state index in [4.69, 9.17) is 10.2 Å². The van der Waals surface area contributed by atoms with E-state index in [1.165, 1.54) is 6.92 Å². The molecule has 1 amide bonds. The number of aliphatic carboxylic acids is 2. The van der Waals surface area contributed by atoms with Crippen LogP contribution in [0, 0.1) is 0 Å². The van der Waals surface area contributed by atoms with Crippen LogP contribution in [-0.2, 0) is 14.4 Å². The van der Waals surface area contributed by atoms with E-state index in [9.17, 15) is 14.4 Å². The molecule has 0 aromatic carbocycles. The number of carbonyl (C=O) groups is 3. The Morgan fingerprint density at radius 2 is 2.00 bits per heavy atom. The van der Waals surface area contributed by atoms with E-state index in [-0.39, 0.29) is 12.2 Å². The fourth-order valence-electron chi connectivity index (χ4n) is 1.61. The number of carboxylic acids is 2. The Morgan fingerprint density at radius 3 is 2.38 bits per heavy atom. The molecule has 2 N–H and O–H groups in total. The lowest BCUT2D eigenvalue weighted by molar-refractivity contribution is -0.158. The van der Waals surface area contributed by atoms with Crippen molar-refractivity contribution in [2.45, 2.75) is 31.2 Å². The van der Waals surface area contributed by atoms with Crippen molar-refractivity contribution < 1.29 is 24.6 Å². The van der Waals surface area contributed by atoms with E-state index in [1.807, 2.05) is 0 Å². The molecule has 0 radical (unpaired) electrons. The van der Waals surface area contributed by atoms with Crippen LogP contribution in [0.4, 0.5) is 0 Å². The molecule has 90 valence electrons. The lowest BCUT2D eigenvalue weighted by Gasteiger charge is -2.32. The Bertz CT molecular complexity index is 345. The zero-order valence-electron chi connectivity index (χ0n) is 8.97. The second kappa shape index (κ2) is 4.32. The van der Waals surface area contributed by atoms with Crippen molar-refractivity contribution >= 4 is 29.6 Å². The van der Waals surface area contributed by atoms with Crippen LogP contribution in [0.2, 0.25) is 0 Å². The predicted molar refractivity (Wildman–Crippen MR) is 57.1 cm³/mol. The van der Waals surface area contributed by atoms with Gasteiger partial charge in [-0.25, -0.2) is 9.59 Å². The first-order valence-corrected chi connectivity index (χ1v) is 5.75. The quantitative estimate of drug-likeness (QED) is 0.741. The van der Waals surface area contributed by atoms with Gasteiger partial charge in [-0.1, -0.05) is 6.92 Å². The monoisotopic (exact) mass is 247 g/mol. The molecular weight excluding hydrogens is 234 g/mol. The maximum Gasteiger partial charge on any atom is 0.340 e. The summed E-state index contributed by atoms with van der Waals surface area (Å²) in [5, 5.41) is 18.0. The van der Waals surface area contributed by atoms with Gasteiger partial charge in [0.25, 0.3) is 0 Å². The molecule has 2 unspecified atom stereocenters. The van der Waals surface area contributed by atoms with Crippen LogP contribution >= 0.6 is 11.8 Å². The van der Waals surface area contributed by atoms with Gasteiger partial charge in [0, 0.05) is 12.2 Å². The van der Waals surface area contributed by atoms with Gasteiger partial charge in [-0.3, -0.25) is 4.79 Å². The zero-order chi connectivity index (χ0) is 12.5. The van der Waals surface area contributed by atoms with Crippen LogP contribution in [0.15, 0.2) is 0 Å². The van der Waals surface area contributed by atoms with Crippen molar-refractivity contribution in [3.63, 3.8) is 0 Å². The lowest BCUT2D eigenvalue weighted by Crippen LogP contribution is -2.54. The Labute approximate surface area is 96.6 Å². The smallest absolute Gasteiger partial charge is 0.340 e. The molecule has 2 atom stereocenters. The van der Waals surface area contributed by atoms with Gasteiger partial charge in [-0.15, -0.1) is 11.8 Å². The third kappa shape index (κ3) is 1.87. The van der Waals surface area contributed by atoms with Gasteiger partial charge in [0.1, 0.15) is 6.04 Å². The molecule has 1 saturated heterocycles. The molecule has 0 spiro atoms. The molecule has 0 bridgehead atoms. The summed E-state index contributed by atoms with van der Waals surface area (Å²) in [5.74, 6) is -2.71. The molecule has 0 aromatic heterocycles. The number of nitrogens with zero attached hydrogens (tertiary/aromatic N) is 1. The average Bonchev–Trinajstić information content (AvgIpc) is 2.56. The number of thioether (sulfide) groups is 1. The first-order chi connectivity index (χ1) is 7.34. The number of amides is 1. The third-order valence-electron chi connectivity index (χ3n) is 2.55. The number of hydrogen-bond acceptors (Lipinski definition) is 4. The first kappa shape index (κ1) is 12.8. The van der Waals surface area contributed by atoms with Gasteiger partial charge in [0.15, 0.2) is 4.87 Å². The molecule has 0 saturated carbocycles. The van der Waals surface area contributed by atoms with Crippen LogP contribution in [-0.4, -0.2) is 49.6 Å². The van der Waals surface area contributed by atoms with Crippen molar-refractivity contribution in [2.75, 3.05) is 5.75 Å². The second-order valence-electron chi connectivity index (χ2n) is 3.57. The SMILES string of the molecule is CCC(=O)N1C(C(=O)O)CSC1(C)C(=O)O. The van der Waals surface area contributed by atoms with Crippen molar-refractivity contribution in [3.8, 4) is 0 Å². The standard InChI is InChI=1S/C9H13NO5S/c1-3-6(11)10-5(7(12)13)4-16-9(10,2)8(14)15/h5H,3-4H2,1-2H3,(H,12,13)(H,14,15). The summed E-state index contributed by atoms with van der Waals surface area (Å²) >= 11 is 0.966. The van der Waals surface area contributed by atoms with Crippen LogP contribution in [0.25, 0.3) is 0 Å².